The number of halogens is 1. The Balaban J connectivity index is 1.69. The molecule has 1 heterocycles. The number of hydrogen-bond acceptors (Lipinski definition) is 2. The Hall–Kier alpha value is -0.570. The summed E-state index contributed by atoms with van der Waals surface area (Å²) in [5.74, 6) is 0. The first-order chi connectivity index (χ1) is 9.72. The third kappa shape index (κ3) is 2.88. The minimum Gasteiger partial charge on any atom is -0.329 e. The van der Waals surface area contributed by atoms with Crippen LogP contribution in [0.2, 0.25) is 5.02 Å². The van der Waals surface area contributed by atoms with E-state index in [0.717, 1.165) is 5.02 Å². The minimum atomic E-state index is 0.326. The van der Waals surface area contributed by atoms with Gasteiger partial charge in [0, 0.05) is 17.6 Å². The molecule has 1 atom stereocenters. The summed E-state index contributed by atoms with van der Waals surface area (Å²) in [7, 11) is 0. The van der Waals surface area contributed by atoms with Crippen molar-refractivity contribution >= 4 is 11.6 Å². The van der Waals surface area contributed by atoms with Crippen LogP contribution in [0, 0.1) is 5.41 Å². The summed E-state index contributed by atoms with van der Waals surface area (Å²) < 4.78 is 0. The lowest BCUT2D eigenvalue weighted by molar-refractivity contribution is 0.0780. The molecule has 1 aromatic rings. The highest BCUT2D eigenvalue weighted by Gasteiger charge is 2.38. The fourth-order valence-corrected chi connectivity index (χ4v) is 4.34. The van der Waals surface area contributed by atoms with E-state index in [4.69, 9.17) is 17.3 Å². The number of nitrogens with two attached hydrogens (primary N) is 1. The van der Waals surface area contributed by atoms with Gasteiger partial charge in [-0.2, -0.15) is 0 Å². The molecular weight excluding hydrogens is 268 g/mol. The highest BCUT2D eigenvalue weighted by Crippen LogP contribution is 2.47. The second-order valence-electron chi connectivity index (χ2n) is 6.55. The Morgan fingerprint density at radius 3 is 2.45 bits per heavy atom. The Bertz CT molecular complexity index is 444. The molecule has 0 aromatic heterocycles. The van der Waals surface area contributed by atoms with Gasteiger partial charge in [-0.15, -0.1) is 0 Å². The zero-order valence-corrected chi connectivity index (χ0v) is 12.9. The van der Waals surface area contributed by atoms with Gasteiger partial charge in [0.1, 0.15) is 0 Å². The number of benzene rings is 1. The molecule has 2 aliphatic rings. The lowest BCUT2D eigenvalue weighted by atomic mass is 9.76. The average molecular weight is 293 g/mol. The van der Waals surface area contributed by atoms with Gasteiger partial charge in [-0.3, -0.25) is 4.90 Å². The highest BCUT2D eigenvalue weighted by atomic mass is 35.5. The number of piperidine rings is 1. The molecule has 2 fully saturated rings. The SMILES string of the molecule is NCC(c1cccc(Cl)c1)N1CCC2(CCCC2)CC1. The molecule has 1 aliphatic carbocycles. The van der Waals surface area contributed by atoms with Gasteiger partial charge in [-0.05, 0) is 61.9 Å². The van der Waals surface area contributed by atoms with Crippen molar-refractivity contribution in [3.8, 4) is 0 Å². The van der Waals surface area contributed by atoms with Gasteiger partial charge in [-0.1, -0.05) is 36.6 Å². The maximum absolute atomic E-state index is 6.12. The number of likely N-dealkylation sites (tertiary alicyclic amines) is 1. The van der Waals surface area contributed by atoms with Crippen LogP contribution in [0.5, 0.6) is 0 Å². The lowest BCUT2D eigenvalue weighted by Gasteiger charge is -2.42. The molecule has 3 rings (SSSR count). The smallest absolute Gasteiger partial charge is 0.0470 e. The van der Waals surface area contributed by atoms with Gasteiger partial charge in [0.2, 0.25) is 0 Å². The van der Waals surface area contributed by atoms with Gasteiger partial charge in [0.15, 0.2) is 0 Å². The normalized spacial score (nSPS) is 24.1. The first-order valence-corrected chi connectivity index (χ1v) is 8.30. The van der Waals surface area contributed by atoms with Crippen molar-refractivity contribution < 1.29 is 0 Å². The summed E-state index contributed by atoms with van der Waals surface area (Å²) >= 11 is 6.12. The van der Waals surface area contributed by atoms with E-state index in [0.29, 0.717) is 18.0 Å². The van der Waals surface area contributed by atoms with Crippen LogP contribution in [0.1, 0.15) is 50.1 Å². The molecule has 1 spiro atoms. The summed E-state index contributed by atoms with van der Waals surface area (Å²) in [6.07, 6.45) is 8.48. The zero-order chi connectivity index (χ0) is 14.0. The van der Waals surface area contributed by atoms with Crippen LogP contribution in [0.4, 0.5) is 0 Å². The maximum atomic E-state index is 6.12. The summed E-state index contributed by atoms with van der Waals surface area (Å²) in [6.45, 7) is 3.05. The summed E-state index contributed by atoms with van der Waals surface area (Å²) in [4.78, 5) is 2.56. The van der Waals surface area contributed by atoms with Crippen molar-refractivity contribution in [3.63, 3.8) is 0 Å². The van der Waals surface area contributed by atoms with Crippen LogP contribution in [0.15, 0.2) is 24.3 Å². The van der Waals surface area contributed by atoms with Crippen LogP contribution < -0.4 is 5.73 Å². The van der Waals surface area contributed by atoms with E-state index in [2.05, 4.69) is 17.0 Å². The fraction of sp³-hybridized carbons (Fsp3) is 0.647. The Morgan fingerprint density at radius 2 is 1.85 bits per heavy atom. The van der Waals surface area contributed by atoms with Crippen LogP contribution in [-0.4, -0.2) is 24.5 Å². The van der Waals surface area contributed by atoms with Crippen molar-refractivity contribution in [2.45, 2.75) is 44.6 Å². The molecule has 0 amide bonds. The van der Waals surface area contributed by atoms with Gasteiger partial charge < -0.3 is 5.73 Å². The van der Waals surface area contributed by atoms with E-state index >= 15 is 0 Å². The topological polar surface area (TPSA) is 29.3 Å². The summed E-state index contributed by atoms with van der Waals surface area (Å²) in [5, 5.41) is 0.810. The molecule has 1 saturated carbocycles. The third-order valence-electron chi connectivity index (χ3n) is 5.42. The van der Waals surface area contributed by atoms with Crippen LogP contribution >= 0.6 is 11.6 Å². The first kappa shape index (κ1) is 14.4. The van der Waals surface area contributed by atoms with Crippen molar-refractivity contribution in [1.82, 2.24) is 4.90 Å². The van der Waals surface area contributed by atoms with Crippen LogP contribution in [0.25, 0.3) is 0 Å². The molecule has 1 aliphatic heterocycles. The van der Waals surface area contributed by atoms with Gasteiger partial charge in [0.05, 0.1) is 0 Å². The third-order valence-corrected chi connectivity index (χ3v) is 5.66. The van der Waals surface area contributed by atoms with Gasteiger partial charge in [0.25, 0.3) is 0 Å². The number of rotatable bonds is 3. The molecule has 0 bridgehead atoms. The molecule has 1 unspecified atom stereocenters. The van der Waals surface area contributed by atoms with Gasteiger partial charge in [-0.25, -0.2) is 0 Å². The second kappa shape index (κ2) is 6.05. The van der Waals surface area contributed by atoms with Crippen molar-refractivity contribution in [3.05, 3.63) is 34.9 Å². The van der Waals surface area contributed by atoms with E-state index < -0.39 is 0 Å². The van der Waals surface area contributed by atoms with E-state index in [9.17, 15) is 0 Å². The Labute approximate surface area is 127 Å². The number of hydrogen-bond donors (Lipinski definition) is 1. The van der Waals surface area contributed by atoms with E-state index in [1.807, 2.05) is 12.1 Å². The molecular formula is C17H25ClN2. The quantitative estimate of drug-likeness (QED) is 0.912. The minimum absolute atomic E-state index is 0.326. The monoisotopic (exact) mass is 292 g/mol. The summed E-state index contributed by atoms with van der Waals surface area (Å²) in [5.41, 5.74) is 7.98. The van der Waals surface area contributed by atoms with E-state index in [-0.39, 0.29) is 0 Å². The predicted octanol–water partition coefficient (Wildman–Crippen LogP) is 4.00. The number of nitrogens with zero attached hydrogens (tertiary/aromatic N) is 1. The van der Waals surface area contributed by atoms with Crippen molar-refractivity contribution in [1.29, 1.82) is 0 Å². The lowest BCUT2D eigenvalue weighted by Crippen LogP contribution is -2.43. The summed E-state index contributed by atoms with van der Waals surface area (Å²) in [6, 6.07) is 8.51. The first-order valence-electron chi connectivity index (χ1n) is 7.92. The second-order valence-corrected chi connectivity index (χ2v) is 6.99. The largest absolute Gasteiger partial charge is 0.329 e. The van der Waals surface area contributed by atoms with Crippen molar-refractivity contribution in [2.24, 2.45) is 11.1 Å². The maximum Gasteiger partial charge on any atom is 0.0470 e. The Morgan fingerprint density at radius 1 is 1.15 bits per heavy atom. The van der Waals surface area contributed by atoms with E-state index in [1.54, 1.807) is 0 Å². The fourth-order valence-electron chi connectivity index (χ4n) is 4.14. The molecule has 2 nitrogen and oxygen atoms in total. The molecule has 1 saturated heterocycles. The molecule has 110 valence electrons. The standard InChI is InChI=1S/C17H25ClN2/c18-15-5-3-4-14(12-15)16(13-19)20-10-8-17(9-11-20)6-1-2-7-17/h3-5,12,16H,1-2,6-11,13,19H2. The highest BCUT2D eigenvalue weighted by molar-refractivity contribution is 6.30. The molecule has 1 aromatic carbocycles. The average Bonchev–Trinajstić information content (AvgIpc) is 2.91. The Kier molecular flexibility index (Phi) is 4.34. The van der Waals surface area contributed by atoms with Crippen LogP contribution in [-0.2, 0) is 0 Å². The molecule has 0 radical (unpaired) electrons. The van der Waals surface area contributed by atoms with Gasteiger partial charge >= 0.3 is 0 Å². The molecule has 20 heavy (non-hydrogen) atoms. The molecule has 3 heteroatoms. The van der Waals surface area contributed by atoms with E-state index in [1.165, 1.54) is 57.2 Å². The molecule has 2 N–H and O–H groups in total. The predicted molar refractivity (Wildman–Crippen MR) is 85.0 cm³/mol. The zero-order valence-electron chi connectivity index (χ0n) is 12.2. The van der Waals surface area contributed by atoms with Crippen molar-refractivity contribution in [2.75, 3.05) is 19.6 Å². The van der Waals surface area contributed by atoms with Crippen LogP contribution in [0.3, 0.4) is 0 Å².